The van der Waals surface area contributed by atoms with Crippen molar-refractivity contribution in [3.8, 4) is 0 Å². The number of aryl methyl sites for hydroxylation is 1. The lowest BCUT2D eigenvalue weighted by Gasteiger charge is -2.38. The van der Waals surface area contributed by atoms with Gasteiger partial charge in [-0.15, -0.1) is 24.0 Å². The maximum absolute atomic E-state index is 12.0. The fourth-order valence-electron chi connectivity index (χ4n) is 3.36. The Kier molecular flexibility index (Phi) is 9.64. The Morgan fingerprint density at radius 3 is 2.57 bits per heavy atom. The number of carbonyl (C=O) groups is 1. The van der Waals surface area contributed by atoms with Crippen LogP contribution in [0.4, 0.5) is 5.69 Å². The summed E-state index contributed by atoms with van der Waals surface area (Å²) in [6, 6.07) is 9.51. The van der Waals surface area contributed by atoms with Gasteiger partial charge in [0, 0.05) is 69.4 Å². The van der Waals surface area contributed by atoms with Gasteiger partial charge in [0.05, 0.1) is 5.56 Å². The molecule has 0 atom stereocenters. The number of pyridine rings is 1. The van der Waals surface area contributed by atoms with Crippen molar-refractivity contribution in [1.29, 1.82) is 0 Å². The van der Waals surface area contributed by atoms with Crippen molar-refractivity contribution in [2.75, 3.05) is 51.2 Å². The van der Waals surface area contributed by atoms with Gasteiger partial charge in [0.2, 0.25) is 0 Å². The second-order valence-corrected chi connectivity index (χ2v) is 7.31. The highest BCUT2D eigenvalue weighted by molar-refractivity contribution is 14.0. The van der Waals surface area contributed by atoms with Gasteiger partial charge in [-0.2, -0.15) is 0 Å². The number of carbonyl (C=O) groups excluding carboxylic acids is 1. The molecule has 1 aromatic carbocycles. The van der Waals surface area contributed by atoms with Gasteiger partial charge in [-0.05, 0) is 36.8 Å². The first-order valence-electron chi connectivity index (χ1n) is 9.73. The van der Waals surface area contributed by atoms with Crippen molar-refractivity contribution in [2.45, 2.75) is 6.92 Å². The van der Waals surface area contributed by atoms with Crippen LogP contribution in [0.25, 0.3) is 0 Å². The number of aliphatic imine (C=N–C) groups is 1. The van der Waals surface area contributed by atoms with Crippen molar-refractivity contribution >= 4 is 53.1 Å². The van der Waals surface area contributed by atoms with Gasteiger partial charge in [-0.25, -0.2) is 0 Å². The molecule has 0 unspecified atom stereocenters. The highest BCUT2D eigenvalue weighted by atomic mass is 127. The molecule has 2 aromatic rings. The number of guanidine groups is 1. The summed E-state index contributed by atoms with van der Waals surface area (Å²) < 4.78 is 0. The molecular formula is C21H28ClIN6O. The van der Waals surface area contributed by atoms with Gasteiger partial charge in [0.1, 0.15) is 0 Å². The van der Waals surface area contributed by atoms with E-state index in [1.54, 1.807) is 31.6 Å². The molecular weight excluding hydrogens is 515 g/mol. The monoisotopic (exact) mass is 542 g/mol. The quantitative estimate of drug-likeness (QED) is 0.263. The number of aromatic nitrogens is 1. The summed E-state index contributed by atoms with van der Waals surface area (Å²) in [7, 11) is 1.78. The van der Waals surface area contributed by atoms with Crippen molar-refractivity contribution in [2.24, 2.45) is 4.99 Å². The summed E-state index contributed by atoms with van der Waals surface area (Å²) in [5, 5.41) is 6.98. The molecule has 9 heteroatoms. The Hall–Kier alpha value is -2.07. The van der Waals surface area contributed by atoms with E-state index >= 15 is 0 Å². The highest BCUT2D eigenvalue weighted by Crippen LogP contribution is 2.25. The number of rotatable bonds is 5. The number of hydrogen-bond donors (Lipinski definition) is 2. The van der Waals surface area contributed by atoms with Gasteiger partial charge < -0.3 is 20.4 Å². The van der Waals surface area contributed by atoms with Gasteiger partial charge in [-0.3, -0.25) is 14.8 Å². The van der Waals surface area contributed by atoms with Crippen LogP contribution in [0.1, 0.15) is 15.9 Å². The average Bonchev–Trinajstić information content (AvgIpc) is 2.76. The molecule has 162 valence electrons. The highest BCUT2D eigenvalue weighted by Gasteiger charge is 2.20. The zero-order chi connectivity index (χ0) is 20.6. The third-order valence-electron chi connectivity index (χ3n) is 4.92. The summed E-state index contributed by atoms with van der Waals surface area (Å²) in [5.41, 5.74) is 2.98. The van der Waals surface area contributed by atoms with Crippen LogP contribution in [-0.2, 0) is 0 Å². The summed E-state index contributed by atoms with van der Waals surface area (Å²) in [5.74, 6) is 0.725. The molecule has 0 radical (unpaired) electrons. The molecule has 1 aliphatic rings. The van der Waals surface area contributed by atoms with Crippen LogP contribution in [0.5, 0.6) is 0 Å². The van der Waals surface area contributed by atoms with Crippen LogP contribution in [-0.4, -0.2) is 68.1 Å². The van der Waals surface area contributed by atoms with Gasteiger partial charge in [0.15, 0.2) is 5.96 Å². The summed E-state index contributed by atoms with van der Waals surface area (Å²) >= 11 is 6.17. The van der Waals surface area contributed by atoms with E-state index in [-0.39, 0.29) is 29.9 Å². The fourth-order valence-corrected chi connectivity index (χ4v) is 3.53. The SMILES string of the molecule is CN=C(NCCNC(=O)c1cccnc1)N1CCN(c2cc(Cl)ccc2C)CC1.I. The summed E-state index contributed by atoms with van der Waals surface area (Å²) in [4.78, 5) is 25.0. The Labute approximate surface area is 199 Å². The first-order chi connectivity index (χ1) is 14.1. The molecule has 1 amide bonds. The van der Waals surface area contributed by atoms with E-state index in [2.05, 4.69) is 43.4 Å². The number of piperazine rings is 1. The van der Waals surface area contributed by atoms with E-state index in [1.165, 1.54) is 11.3 Å². The average molecular weight is 543 g/mol. The minimum absolute atomic E-state index is 0. The number of nitrogens with one attached hydrogen (secondary N) is 2. The van der Waals surface area contributed by atoms with Crippen LogP contribution in [0, 0.1) is 6.92 Å². The van der Waals surface area contributed by atoms with Crippen molar-refractivity contribution in [3.05, 3.63) is 58.9 Å². The van der Waals surface area contributed by atoms with E-state index in [4.69, 9.17) is 11.6 Å². The molecule has 1 aliphatic heterocycles. The third kappa shape index (κ3) is 6.46. The van der Waals surface area contributed by atoms with Crippen molar-refractivity contribution < 1.29 is 4.79 Å². The third-order valence-corrected chi connectivity index (χ3v) is 5.16. The largest absolute Gasteiger partial charge is 0.368 e. The lowest BCUT2D eigenvalue weighted by Crippen LogP contribution is -2.53. The zero-order valence-electron chi connectivity index (χ0n) is 17.3. The molecule has 0 bridgehead atoms. The first-order valence-corrected chi connectivity index (χ1v) is 10.1. The van der Waals surface area contributed by atoms with Crippen molar-refractivity contribution in [3.63, 3.8) is 0 Å². The number of benzene rings is 1. The van der Waals surface area contributed by atoms with Gasteiger partial charge >= 0.3 is 0 Å². The molecule has 2 heterocycles. The Morgan fingerprint density at radius 2 is 1.90 bits per heavy atom. The summed E-state index contributed by atoms with van der Waals surface area (Å²) in [6.07, 6.45) is 3.21. The minimum atomic E-state index is -0.125. The molecule has 1 aromatic heterocycles. The van der Waals surface area contributed by atoms with Crippen LogP contribution in [0.15, 0.2) is 47.7 Å². The molecule has 0 spiro atoms. The van der Waals surface area contributed by atoms with E-state index in [9.17, 15) is 4.79 Å². The smallest absolute Gasteiger partial charge is 0.252 e. The van der Waals surface area contributed by atoms with Crippen LogP contribution in [0.2, 0.25) is 5.02 Å². The van der Waals surface area contributed by atoms with E-state index in [0.717, 1.165) is 37.2 Å². The molecule has 30 heavy (non-hydrogen) atoms. The predicted molar refractivity (Wildman–Crippen MR) is 133 cm³/mol. The van der Waals surface area contributed by atoms with E-state index in [0.29, 0.717) is 18.7 Å². The molecule has 0 aliphatic carbocycles. The predicted octanol–water partition coefficient (Wildman–Crippen LogP) is 2.79. The Morgan fingerprint density at radius 1 is 1.17 bits per heavy atom. The van der Waals surface area contributed by atoms with Crippen LogP contribution in [0.3, 0.4) is 0 Å². The first kappa shape index (κ1) is 24.2. The number of hydrogen-bond acceptors (Lipinski definition) is 4. The van der Waals surface area contributed by atoms with E-state index < -0.39 is 0 Å². The maximum atomic E-state index is 12.0. The van der Waals surface area contributed by atoms with Crippen LogP contribution >= 0.6 is 35.6 Å². The molecule has 2 N–H and O–H groups in total. The Balaban J connectivity index is 0.00000320. The van der Waals surface area contributed by atoms with Crippen LogP contribution < -0.4 is 15.5 Å². The molecule has 1 fully saturated rings. The standard InChI is InChI=1S/C21H27ClN6O.HI/c1-16-5-6-18(22)14-19(16)27-10-12-28(13-11-27)21(23-2)26-9-8-25-20(29)17-4-3-7-24-15-17;/h3-7,14-15H,8-13H2,1-2H3,(H,23,26)(H,25,29);1H. The molecule has 3 rings (SSSR count). The second kappa shape index (κ2) is 11.9. The normalized spacial score (nSPS) is 14.2. The lowest BCUT2D eigenvalue weighted by atomic mass is 10.1. The Bertz CT molecular complexity index is 856. The minimum Gasteiger partial charge on any atom is -0.368 e. The topological polar surface area (TPSA) is 72.9 Å². The molecule has 7 nitrogen and oxygen atoms in total. The fraction of sp³-hybridized carbons (Fsp3) is 0.381. The second-order valence-electron chi connectivity index (χ2n) is 6.88. The summed E-state index contributed by atoms with van der Waals surface area (Å²) in [6.45, 7) is 6.76. The lowest BCUT2D eigenvalue weighted by molar-refractivity contribution is 0.0954. The maximum Gasteiger partial charge on any atom is 0.252 e. The number of halogens is 2. The van der Waals surface area contributed by atoms with Gasteiger partial charge in [-0.1, -0.05) is 17.7 Å². The van der Waals surface area contributed by atoms with Gasteiger partial charge in [0.25, 0.3) is 5.91 Å². The number of nitrogens with zero attached hydrogens (tertiary/aromatic N) is 4. The van der Waals surface area contributed by atoms with Crippen molar-refractivity contribution in [1.82, 2.24) is 20.5 Å². The number of amides is 1. The van der Waals surface area contributed by atoms with E-state index in [1.807, 2.05) is 12.1 Å². The molecule has 0 saturated carbocycles. The number of anilines is 1. The zero-order valence-corrected chi connectivity index (χ0v) is 20.4. The molecule has 1 saturated heterocycles.